The third-order valence-corrected chi connectivity index (χ3v) is 3.83. The lowest BCUT2D eigenvalue weighted by atomic mass is 10.2. The average Bonchev–Trinajstić information content (AvgIpc) is 2.48. The number of benzene rings is 2. The Labute approximate surface area is 156 Å². The lowest BCUT2D eigenvalue weighted by molar-refractivity contribution is 0.190. The Morgan fingerprint density at radius 1 is 1.22 bits per heavy atom. The number of rotatable bonds is 7. The summed E-state index contributed by atoms with van der Waals surface area (Å²) in [5.74, 6) is 0.830. The molecule has 0 saturated heterocycles. The molecule has 1 atom stereocenters. The Morgan fingerprint density at radius 2 is 1.91 bits per heavy atom. The maximum atomic E-state index is 9.31. The van der Waals surface area contributed by atoms with Crippen LogP contribution in [0, 0.1) is 0 Å². The van der Waals surface area contributed by atoms with Gasteiger partial charge in [-0.25, -0.2) is 0 Å². The van der Waals surface area contributed by atoms with Gasteiger partial charge in [0.05, 0.1) is 6.10 Å². The van der Waals surface area contributed by atoms with Gasteiger partial charge in [0.2, 0.25) is 0 Å². The predicted molar refractivity (Wildman–Crippen MR) is 101 cm³/mol. The van der Waals surface area contributed by atoms with E-state index in [9.17, 15) is 5.11 Å². The van der Waals surface area contributed by atoms with Crippen molar-refractivity contribution in [3.8, 4) is 5.75 Å². The van der Waals surface area contributed by atoms with Crippen LogP contribution in [0.15, 0.2) is 46.9 Å². The fourth-order valence-electron chi connectivity index (χ4n) is 1.98. The van der Waals surface area contributed by atoms with Crippen molar-refractivity contribution < 1.29 is 9.84 Å². The van der Waals surface area contributed by atoms with Crippen LogP contribution in [0.5, 0.6) is 5.75 Å². The molecule has 0 fully saturated rings. The molecule has 2 aromatic carbocycles. The fourth-order valence-corrected chi connectivity index (χ4v) is 2.52. The van der Waals surface area contributed by atoms with Gasteiger partial charge in [0, 0.05) is 28.1 Å². The van der Waals surface area contributed by atoms with E-state index in [1.807, 2.05) is 42.5 Å². The highest BCUT2D eigenvalue weighted by molar-refractivity contribution is 9.10. The Morgan fingerprint density at radius 3 is 2.57 bits per heavy atom. The standard InChI is InChI=1S/C17H19BrClNO2.ClH/c1-12(21)9-20-10-14-8-15(18)4-7-17(14)22-11-13-2-5-16(19)6-3-13;/h2-8,12,20-21H,9-11H2,1H3;1H. The summed E-state index contributed by atoms with van der Waals surface area (Å²) in [6, 6.07) is 13.5. The second-order valence-electron chi connectivity index (χ2n) is 5.15. The molecule has 0 heterocycles. The maximum absolute atomic E-state index is 9.31. The zero-order valence-corrected chi connectivity index (χ0v) is 15.9. The minimum absolute atomic E-state index is 0. The van der Waals surface area contributed by atoms with E-state index in [-0.39, 0.29) is 18.5 Å². The number of nitrogens with one attached hydrogen (secondary N) is 1. The van der Waals surface area contributed by atoms with Crippen LogP contribution in [-0.2, 0) is 13.2 Å². The summed E-state index contributed by atoms with van der Waals surface area (Å²) in [5.41, 5.74) is 2.11. The van der Waals surface area contributed by atoms with Crippen LogP contribution in [0.25, 0.3) is 0 Å². The summed E-state index contributed by atoms with van der Waals surface area (Å²) in [6.45, 7) is 3.43. The molecule has 0 aromatic heterocycles. The van der Waals surface area contributed by atoms with Crippen LogP contribution in [-0.4, -0.2) is 17.8 Å². The van der Waals surface area contributed by atoms with E-state index in [1.54, 1.807) is 6.92 Å². The van der Waals surface area contributed by atoms with Crippen molar-refractivity contribution in [2.75, 3.05) is 6.54 Å². The lowest BCUT2D eigenvalue weighted by Gasteiger charge is -2.13. The first-order valence-electron chi connectivity index (χ1n) is 7.09. The van der Waals surface area contributed by atoms with Gasteiger partial charge in [-0.15, -0.1) is 12.4 Å². The van der Waals surface area contributed by atoms with Crippen LogP contribution in [0.3, 0.4) is 0 Å². The molecule has 23 heavy (non-hydrogen) atoms. The maximum Gasteiger partial charge on any atom is 0.124 e. The van der Waals surface area contributed by atoms with Crippen molar-refractivity contribution in [2.24, 2.45) is 0 Å². The van der Waals surface area contributed by atoms with E-state index >= 15 is 0 Å². The van der Waals surface area contributed by atoms with Crippen molar-refractivity contribution in [3.05, 3.63) is 63.1 Å². The fraction of sp³-hybridized carbons (Fsp3) is 0.294. The van der Waals surface area contributed by atoms with E-state index in [2.05, 4.69) is 21.2 Å². The zero-order valence-electron chi connectivity index (χ0n) is 12.8. The summed E-state index contributed by atoms with van der Waals surface area (Å²) in [7, 11) is 0. The normalized spacial score (nSPS) is 11.7. The Kier molecular flexibility index (Phi) is 8.95. The van der Waals surface area contributed by atoms with Gasteiger partial charge in [0.25, 0.3) is 0 Å². The Bertz CT molecular complexity index is 606. The molecule has 2 N–H and O–H groups in total. The SMILES string of the molecule is CC(O)CNCc1cc(Br)ccc1OCc1ccc(Cl)cc1.Cl. The summed E-state index contributed by atoms with van der Waals surface area (Å²) in [4.78, 5) is 0. The number of aliphatic hydroxyl groups is 1. The molecule has 0 spiro atoms. The first kappa shape index (κ1) is 20.3. The van der Waals surface area contributed by atoms with Crippen molar-refractivity contribution >= 4 is 39.9 Å². The topological polar surface area (TPSA) is 41.5 Å². The Balaban J connectivity index is 0.00000264. The van der Waals surface area contributed by atoms with Crippen LogP contribution in [0.1, 0.15) is 18.1 Å². The van der Waals surface area contributed by atoms with Crippen molar-refractivity contribution in [1.29, 1.82) is 0 Å². The average molecular weight is 421 g/mol. The Hall–Kier alpha value is -0.780. The van der Waals surface area contributed by atoms with Gasteiger partial charge < -0.3 is 15.2 Å². The second kappa shape index (κ2) is 10.2. The minimum atomic E-state index is -0.370. The first-order chi connectivity index (χ1) is 10.5. The monoisotopic (exact) mass is 419 g/mol. The van der Waals surface area contributed by atoms with Crippen molar-refractivity contribution in [3.63, 3.8) is 0 Å². The summed E-state index contributed by atoms with van der Waals surface area (Å²) in [5, 5.41) is 13.2. The van der Waals surface area contributed by atoms with Gasteiger partial charge in [0.15, 0.2) is 0 Å². The highest BCUT2D eigenvalue weighted by Gasteiger charge is 2.06. The van der Waals surface area contributed by atoms with Gasteiger partial charge in [-0.2, -0.15) is 0 Å². The second-order valence-corrected chi connectivity index (χ2v) is 6.50. The molecule has 2 rings (SSSR count). The molecule has 0 saturated carbocycles. The van der Waals surface area contributed by atoms with Gasteiger partial charge in [0.1, 0.15) is 12.4 Å². The first-order valence-corrected chi connectivity index (χ1v) is 8.26. The number of aliphatic hydroxyl groups excluding tert-OH is 1. The zero-order chi connectivity index (χ0) is 15.9. The molecule has 0 aliphatic heterocycles. The number of ether oxygens (including phenoxy) is 1. The molecule has 2 aromatic rings. The molecule has 0 bridgehead atoms. The lowest BCUT2D eigenvalue weighted by Crippen LogP contribution is -2.24. The minimum Gasteiger partial charge on any atom is -0.489 e. The van der Waals surface area contributed by atoms with Gasteiger partial charge in [-0.3, -0.25) is 0 Å². The van der Waals surface area contributed by atoms with E-state index in [1.165, 1.54) is 0 Å². The molecule has 6 heteroatoms. The molecule has 0 amide bonds. The molecular formula is C17H20BrCl2NO2. The van der Waals surface area contributed by atoms with E-state index in [0.29, 0.717) is 19.7 Å². The number of halogens is 3. The molecule has 3 nitrogen and oxygen atoms in total. The van der Waals surface area contributed by atoms with Gasteiger partial charge >= 0.3 is 0 Å². The largest absolute Gasteiger partial charge is 0.489 e. The third kappa shape index (κ3) is 7.10. The predicted octanol–water partition coefficient (Wildman–Crippen LogP) is 4.57. The quantitative estimate of drug-likeness (QED) is 0.689. The smallest absolute Gasteiger partial charge is 0.124 e. The summed E-state index contributed by atoms with van der Waals surface area (Å²) < 4.78 is 6.91. The van der Waals surface area contributed by atoms with Crippen LogP contribution in [0.4, 0.5) is 0 Å². The number of hydrogen-bond donors (Lipinski definition) is 2. The molecule has 0 aliphatic carbocycles. The van der Waals surface area contributed by atoms with Gasteiger partial charge in [-0.05, 0) is 42.8 Å². The summed E-state index contributed by atoms with van der Waals surface area (Å²) >= 11 is 9.35. The van der Waals surface area contributed by atoms with E-state index < -0.39 is 0 Å². The van der Waals surface area contributed by atoms with Crippen molar-refractivity contribution in [1.82, 2.24) is 5.32 Å². The van der Waals surface area contributed by atoms with Gasteiger partial charge in [-0.1, -0.05) is 39.7 Å². The van der Waals surface area contributed by atoms with E-state index in [4.69, 9.17) is 16.3 Å². The number of hydrogen-bond acceptors (Lipinski definition) is 3. The molecule has 1 unspecified atom stereocenters. The molecule has 0 radical (unpaired) electrons. The van der Waals surface area contributed by atoms with Crippen LogP contribution < -0.4 is 10.1 Å². The molecule has 126 valence electrons. The summed E-state index contributed by atoms with van der Waals surface area (Å²) in [6.07, 6.45) is -0.370. The molecule has 0 aliphatic rings. The third-order valence-electron chi connectivity index (χ3n) is 3.09. The highest BCUT2D eigenvalue weighted by atomic mass is 79.9. The van der Waals surface area contributed by atoms with Crippen LogP contribution in [0.2, 0.25) is 5.02 Å². The highest BCUT2D eigenvalue weighted by Crippen LogP contribution is 2.24. The van der Waals surface area contributed by atoms with Crippen molar-refractivity contribution in [2.45, 2.75) is 26.2 Å². The molecular weight excluding hydrogens is 401 g/mol. The van der Waals surface area contributed by atoms with E-state index in [0.717, 1.165) is 26.4 Å². The van der Waals surface area contributed by atoms with Crippen LogP contribution >= 0.6 is 39.9 Å².